The molecule has 0 radical (unpaired) electrons. The third kappa shape index (κ3) is 3.72. The number of aromatic amines is 1. The summed E-state index contributed by atoms with van der Waals surface area (Å²) in [5.74, 6) is 1.12. The van der Waals surface area contributed by atoms with Crippen LogP contribution in [-0.2, 0) is 4.74 Å². The van der Waals surface area contributed by atoms with Gasteiger partial charge in [0, 0.05) is 24.2 Å². The lowest BCUT2D eigenvalue weighted by Crippen LogP contribution is -2.40. The Morgan fingerprint density at radius 3 is 2.71 bits per heavy atom. The first-order valence-electron chi connectivity index (χ1n) is 8.94. The predicted molar refractivity (Wildman–Crippen MR) is 102 cm³/mol. The molecule has 1 aromatic heterocycles. The molecule has 7 heteroatoms. The quantitative estimate of drug-likeness (QED) is 0.757. The van der Waals surface area contributed by atoms with E-state index in [9.17, 15) is 4.79 Å². The van der Waals surface area contributed by atoms with E-state index in [1.807, 2.05) is 18.2 Å². The van der Waals surface area contributed by atoms with Crippen molar-refractivity contribution in [2.45, 2.75) is 0 Å². The van der Waals surface area contributed by atoms with Crippen LogP contribution in [0.2, 0.25) is 0 Å². The first-order valence-corrected chi connectivity index (χ1v) is 8.94. The molecule has 0 spiro atoms. The standard InChI is InChI=1S/C21H18N4O3/c22-13-15-4-6-18(7-5-15)28-19-14-23-24-20(19)16-2-1-3-17(12-16)21(26)25-8-10-27-11-9-25/h1-7,12,14H,8-11H2,(H,23,24). The summed E-state index contributed by atoms with van der Waals surface area (Å²) in [6, 6.07) is 16.3. The van der Waals surface area contributed by atoms with Crippen molar-refractivity contribution in [2.75, 3.05) is 26.3 Å². The minimum atomic E-state index is -0.0183. The van der Waals surface area contributed by atoms with E-state index >= 15 is 0 Å². The largest absolute Gasteiger partial charge is 0.453 e. The number of aromatic nitrogens is 2. The van der Waals surface area contributed by atoms with Gasteiger partial charge in [0.15, 0.2) is 5.75 Å². The maximum atomic E-state index is 12.7. The second-order valence-corrected chi connectivity index (χ2v) is 6.32. The van der Waals surface area contributed by atoms with Gasteiger partial charge in [-0.15, -0.1) is 0 Å². The minimum absolute atomic E-state index is 0.0183. The number of carbonyl (C=O) groups excluding carboxylic acids is 1. The summed E-state index contributed by atoms with van der Waals surface area (Å²) in [7, 11) is 0. The molecule has 1 amide bonds. The van der Waals surface area contributed by atoms with Gasteiger partial charge >= 0.3 is 0 Å². The number of amides is 1. The molecular weight excluding hydrogens is 356 g/mol. The third-order valence-corrected chi connectivity index (χ3v) is 4.50. The minimum Gasteiger partial charge on any atom is -0.453 e. The number of H-pyrrole nitrogens is 1. The van der Waals surface area contributed by atoms with Crippen LogP contribution in [0.3, 0.4) is 0 Å². The molecule has 28 heavy (non-hydrogen) atoms. The van der Waals surface area contributed by atoms with Crippen molar-refractivity contribution in [1.29, 1.82) is 5.26 Å². The maximum absolute atomic E-state index is 12.7. The summed E-state index contributed by atoms with van der Waals surface area (Å²) in [5, 5.41) is 16.0. The summed E-state index contributed by atoms with van der Waals surface area (Å²) in [5.41, 5.74) is 2.56. The Balaban J connectivity index is 1.57. The molecule has 1 saturated heterocycles. The molecule has 0 bridgehead atoms. The van der Waals surface area contributed by atoms with Gasteiger partial charge in [0.2, 0.25) is 0 Å². The van der Waals surface area contributed by atoms with E-state index in [2.05, 4.69) is 16.3 Å². The number of nitriles is 1. The fraction of sp³-hybridized carbons (Fsp3) is 0.190. The van der Waals surface area contributed by atoms with Gasteiger partial charge in [-0.1, -0.05) is 12.1 Å². The molecule has 0 atom stereocenters. The van der Waals surface area contributed by atoms with Crippen LogP contribution in [0.4, 0.5) is 0 Å². The number of nitrogens with zero attached hydrogens (tertiary/aromatic N) is 3. The number of morpholine rings is 1. The first-order chi connectivity index (χ1) is 13.7. The summed E-state index contributed by atoms with van der Waals surface area (Å²) in [6.45, 7) is 2.32. The molecule has 140 valence electrons. The fourth-order valence-corrected chi connectivity index (χ4v) is 3.04. The van der Waals surface area contributed by atoms with Crippen LogP contribution < -0.4 is 4.74 Å². The lowest BCUT2D eigenvalue weighted by atomic mass is 10.1. The Kier molecular flexibility index (Phi) is 5.04. The van der Waals surface area contributed by atoms with Crippen molar-refractivity contribution in [1.82, 2.24) is 15.1 Å². The van der Waals surface area contributed by atoms with Gasteiger partial charge in [0.05, 0.1) is 31.0 Å². The van der Waals surface area contributed by atoms with E-state index in [0.717, 1.165) is 5.56 Å². The van der Waals surface area contributed by atoms with Gasteiger partial charge in [0.1, 0.15) is 11.4 Å². The van der Waals surface area contributed by atoms with Crippen molar-refractivity contribution in [2.24, 2.45) is 0 Å². The number of nitrogens with one attached hydrogen (secondary N) is 1. The number of hydrogen-bond donors (Lipinski definition) is 1. The number of hydrogen-bond acceptors (Lipinski definition) is 5. The topological polar surface area (TPSA) is 91.2 Å². The molecule has 3 aromatic rings. The van der Waals surface area contributed by atoms with Gasteiger partial charge < -0.3 is 14.4 Å². The molecule has 2 heterocycles. The van der Waals surface area contributed by atoms with Crippen molar-refractivity contribution >= 4 is 5.91 Å². The van der Waals surface area contributed by atoms with Crippen LogP contribution in [0.25, 0.3) is 11.3 Å². The second kappa shape index (κ2) is 7.94. The third-order valence-electron chi connectivity index (χ3n) is 4.50. The number of rotatable bonds is 4. The molecule has 1 aliphatic rings. The summed E-state index contributed by atoms with van der Waals surface area (Å²) in [6.07, 6.45) is 1.66. The molecule has 0 saturated carbocycles. The highest BCUT2D eigenvalue weighted by Crippen LogP contribution is 2.32. The summed E-state index contributed by atoms with van der Waals surface area (Å²) in [4.78, 5) is 14.5. The molecule has 1 N–H and O–H groups in total. The molecule has 2 aromatic carbocycles. The summed E-state index contributed by atoms with van der Waals surface area (Å²) < 4.78 is 11.2. The Labute approximate surface area is 162 Å². The maximum Gasteiger partial charge on any atom is 0.254 e. The molecule has 1 aliphatic heterocycles. The van der Waals surface area contributed by atoms with E-state index in [1.165, 1.54) is 0 Å². The number of benzene rings is 2. The Hall–Kier alpha value is -3.63. The van der Waals surface area contributed by atoms with E-state index in [0.29, 0.717) is 54.6 Å². The summed E-state index contributed by atoms with van der Waals surface area (Å²) >= 11 is 0. The lowest BCUT2D eigenvalue weighted by Gasteiger charge is -2.27. The average molecular weight is 374 g/mol. The van der Waals surface area contributed by atoms with Crippen molar-refractivity contribution in [3.05, 3.63) is 65.9 Å². The smallest absolute Gasteiger partial charge is 0.254 e. The first kappa shape index (κ1) is 17.8. The lowest BCUT2D eigenvalue weighted by molar-refractivity contribution is 0.0303. The fourth-order valence-electron chi connectivity index (χ4n) is 3.04. The van der Waals surface area contributed by atoms with Crippen LogP contribution in [0.15, 0.2) is 54.7 Å². The molecule has 0 unspecified atom stereocenters. The molecule has 4 rings (SSSR count). The average Bonchev–Trinajstić information content (AvgIpc) is 3.22. The highest BCUT2D eigenvalue weighted by Gasteiger charge is 2.20. The predicted octanol–water partition coefficient (Wildman–Crippen LogP) is 3.21. The Morgan fingerprint density at radius 2 is 1.96 bits per heavy atom. The second-order valence-electron chi connectivity index (χ2n) is 6.32. The van der Waals surface area contributed by atoms with Gasteiger partial charge in [-0.05, 0) is 36.4 Å². The van der Waals surface area contributed by atoms with Crippen LogP contribution in [0.1, 0.15) is 15.9 Å². The zero-order valence-corrected chi connectivity index (χ0v) is 15.1. The van der Waals surface area contributed by atoms with Crippen LogP contribution in [0, 0.1) is 11.3 Å². The van der Waals surface area contributed by atoms with E-state index in [4.69, 9.17) is 14.7 Å². The van der Waals surface area contributed by atoms with Crippen LogP contribution in [0.5, 0.6) is 11.5 Å². The van der Waals surface area contributed by atoms with E-state index in [1.54, 1.807) is 41.4 Å². The molecule has 1 fully saturated rings. The zero-order valence-electron chi connectivity index (χ0n) is 15.1. The number of ether oxygens (including phenoxy) is 2. The Bertz CT molecular complexity index is 1010. The zero-order chi connectivity index (χ0) is 19.3. The van der Waals surface area contributed by atoms with E-state index < -0.39 is 0 Å². The normalized spacial score (nSPS) is 13.8. The molecule has 7 nitrogen and oxygen atoms in total. The van der Waals surface area contributed by atoms with Crippen molar-refractivity contribution in [3.63, 3.8) is 0 Å². The van der Waals surface area contributed by atoms with Crippen LogP contribution in [-0.4, -0.2) is 47.3 Å². The molecular formula is C21H18N4O3. The van der Waals surface area contributed by atoms with Crippen LogP contribution >= 0.6 is 0 Å². The van der Waals surface area contributed by atoms with Gasteiger partial charge in [-0.3, -0.25) is 9.89 Å². The highest BCUT2D eigenvalue weighted by molar-refractivity contribution is 5.95. The monoisotopic (exact) mass is 374 g/mol. The van der Waals surface area contributed by atoms with Crippen molar-refractivity contribution in [3.8, 4) is 28.8 Å². The molecule has 0 aliphatic carbocycles. The van der Waals surface area contributed by atoms with Gasteiger partial charge in [-0.25, -0.2) is 0 Å². The SMILES string of the molecule is N#Cc1ccc(Oc2c[nH]nc2-c2cccc(C(=O)N3CCOCC3)c2)cc1. The highest BCUT2D eigenvalue weighted by atomic mass is 16.5. The van der Waals surface area contributed by atoms with Gasteiger partial charge in [0.25, 0.3) is 5.91 Å². The van der Waals surface area contributed by atoms with E-state index in [-0.39, 0.29) is 5.91 Å². The Morgan fingerprint density at radius 1 is 1.18 bits per heavy atom. The van der Waals surface area contributed by atoms with Gasteiger partial charge in [-0.2, -0.15) is 10.4 Å². The number of carbonyl (C=O) groups is 1. The van der Waals surface area contributed by atoms with Crippen molar-refractivity contribution < 1.29 is 14.3 Å².